The van der Waals surface area contributed by atoms with Crippen molar-refractivity contribution >= 4 is 0 Å². The number of methoxy groups -OCH3 is 1. The predicted octanol–water partition coefficient (Wildman–Crippen LogP) is 1.83. The van der Waals surface area contributed by atoms with E-state index < -0.39 is 13.0 Å². The van der Waals surface area contributed by atoms with E-state index in [9.17, 15) is 8.78 Å². The van der Waals surface area contributed by atoms with Crippen LogP contribution in [0, 0.1) is 6.92 Å². The van der Waals surface area contributed by atoms with Gasteiger partial charge in [0.1, 0.15) is 5.75 Å². The summed E-state index contributed by atoms with van der Waals surface area (Å²) in [5, 5.41) is 8.85. The first-order chi connectivity index (χ1) is 6.61. The van der Waals surface area contributed by atoms with Gasteiger partial charge in [-0.2, -0.15) is 0 Å². The first kappa shape index (κ1) is 10.8. The molecule has 1 heterocycles. The van der Waals surface area contributed by atoms with Crippen LogP contribution in [0.2, 0.25) is 0 Å². The smallest absolute Gasteiger partial charge is 0.267 e. The number of hydrogen-bond donors (Lipinski definition) is 1. The molecule has 0 radical (unpaired) electrons. The largest absolute Gasteiger partial charge is 0.494 e. The van der Waals surface area contributed by atoms with Crippen LogP contribution in [0.25, 0.3) is 0 Å². The lowest BCUT2D eigenvalue weighted by atomic mass is 10.1. The molecule has 1 aromatic heterocycles. The van der Waals surface area contributed by atoms with Crippen molar-refractivity contribution in [1.82, 2.24) is 4.98 Å². The molecule has 1 rings (SSSR count). The third-order valence-electron chi connectivity index (χ3n) is 1.93. The van der Waals surface area contributed by atoms with Gasteiger partial charge in [0.15, 0.2) is 0 Å². The molecule has 3 nitrogen and oxygen atoms in total. The SMILES string of the molecule is COc1c(C)ncc(CO)c1C(F)F. The minimum atomic E-state index is -2.67. The third-order valence-corrected chi connectivity index (χ3v) is 1.93. The minimum absolute atomic E-state index is 0.0477. The van der Waals surface area contributed by atoms with Crippen LogP contribution < -0.4 is 4.74 Å². The second kappa shape index (κ2) is 4.32. The Balaban J connectivity index is 3.36. The molecule has 1 aromatic rings. The van der Waals surface area contributed by atoms with Crippen molar-refractivity contribution < 1.29 is 18.6 Å². The van der Waals surface area contributed by atoms with Crippen LogP contribution >= 0.6 is 0 Å². The normalized spacial score (nSPS) is 10.7. The molecule has 0 aromatic carbocycles. The van der Waals surface area contributed by atoms with E-state index in [1.54, 1.807) is 6.92 Å². The Morgan fingerprint density at radius 1 is 1.57 bits per heavy atom. The van der Waals surface area contributed by atoms with Gasteiger partial charge >= 0.3 is 0 Å². The molecule has 1 N–H and O–H groups in total. The second-order valence-electron chi connectivity index (χ2n) is 2.77. The van der Waals surface area contributed by atoms with E-state index in [0.717, 1.165) is 0 Å². The molecule has 0 saturated carbocycles. The lowest BCUT2D eigenvalue weighted by molar-refractivity contribution is 0.142. The average Bonchev–Trinajstić information content (AvgIpc) is 2.17. The van der Waals surface area contributed by atoms with Gasteiger partial charge in [-0.05, 0) is 6.92 Å². The molecule has 14 heavy (non-hydrogen) atoms. The molecule has 0 bridgehead atoms. The maximum atomic E-state index is 12.6. The molecule has 78 valence electrons. The molecule has 0 unspecified atom stereocenters. The highest BCUT2D eigenvalue weighted by Crippen LogP contribution is 2.33. The van der Waals surface area contributed by atoms with E-state index in [2.05, 4.69) is 4.98 Å². The minimum Gasteiger partial charge on any atom is -0.494 e. The number of ether oxygens (including phenoxy) is 1. The Kier molecular flexibility index (Phi) is 3.35. The highest BCUT2D eigenvalue weighted by molar-refractivity contribution is 5.42. The van der Waals surface area contributed by atoms with Gasteiger partial charge in [0.25, 0.3) is 6.43 Å². The number of nitrogens with zero attached hydrogens (tertiary/aromatic N) is 1. The lowest BCUT2D eigenvalue weighted by Crippen LogP contribution is -2.03. The van der Waals surface area contributed by atoms with Crippen molar-refractivity contribution in [2.45, 2.75) is 20.0 Å². The summed E-state index contributed by atoms with van der Waals surface area (Å²) in [4.78, 5) is 3.85. The molecule has 0 aliphatic carbocycles. The van der Waals surface area contributed by atoms with Crippen molar-refractivity contribution in [3.8, 4) is 5.75 Å². The van der Waals surface area contributed by atoms with Gasteiger partial charge in [-0.15, -0.1) is 0 Å². The van der Waals surface area contributed by atoms with Gasteiger partial charge in [0.05, 0.1) is 25.0 Å². The molecule has 0 aliphatic rings. The summed E-state index contributed by atoms with van der Waals surface area (Å²) in [5.41, 5.74) is 0.213. The number of rotatable bonds is 3. The van der Waals surface area contributed by atoms with E-state index in [1.165, 1.54) is 13.3 Å². The van der Waals surface area contributed by atoms with Crippen molar-refractivity contribution in [2.75, 3.05) is 7.11 Å². The van der Waals surface area contributed by atoms with Gasteiger partial charge in [-0.25, -0.2) is 8.78 Å². The Morgan fingerprint density at radius 3 is 2.64 bits per heavy atom. The fourth-order valence-corrected chi connectivity index (χ4v) is 1.27. The number of hydrogen-bond acceptors (Lipinski definition) is 3. The number of halogens is 2. The molecular formula is C9H11F2NO2. The van der Waals surface area contributed by atoms with Gasteiger partial charge in [0.2, 0.25) is 0 Å². The zero-order valence-corrected chi connectivity index (χ0v) is 7.92. The zero-order chi connectivity index (χ0) is 10.7. The summed E-state index contributed by atoms with van der Waals surface area (Å²) < 4.78 is 30.1. The van der Waals surface area contributed by atoms with Crippen molar-refractivity contribution in [3.05, 3.63) is 23.0 Å². The Hall–Kier alpha value is -1.23. The monoisotopic (exact) mass is 203 g/mol. The van der Waals surface area contributed by atoms with Crippen LogP contribution in [0.4, 0.5) is 8.78 Å². The summed E-state index contributed by atoms with van der Waals surface area (Å²) in [6, 6.07) is 0. The Bertz CT molecular complexity index is 329. The molecule has 0 spiro atoms. The maximum Gasteiger partial charge on any atom is 0.267 e. The van der Waals surface area contributed by atoms with Crippen LogP contribution in [0.3, 0.4) is 0 Å². The van der Waals surface area contributed by atoms with Crippen LogP contribution in [0.5, 0.6) is 5.75 Å². The van der Waals surface area contributed by atoms with Gasteiger partial charge < -0.3 is 9.84 Å². The van der Waals surface area contributed by atoms with Gasteiger partial charge in [0, 0.05) is 11.8 Å². The van der Waals surface area contributed by atoms with E-state index in [-0.39, 0.29) is 16.9 Å². The number of aryl methyl sites for hydroxylation is 1. The number of aliphatic hydroxyl groups excluding tert-OH is 1. The van der Waals surface area contributed by atoms with Crippen LogP contribution in [0.15, 0.2) is 6.20 Å². The molecule has 5 heteroatoms. The standard InChI is InChI=1S/C9H11F2NO2/c1-5-8(14-2)7(9(10)11)6(4-13)3-12-5/h3,9,13H,4H2,1-2H3. The summed E-state index contributed by atoms with van der Waals surface area (Å²) in [7, 11) is 1.30. The number of aliphatic hydroxyl groups is 1. The number of aromatic nitrogens is 1. The van der Waals surface area contributed by atoms with Gasteiger partial charge in [-0.1, -0.05) is 0 Å². The van der Waals surface area contributed by atoms with E-state index in [4.69, 9.17) is 9.84 Å². The topological polar surface area (TPSA) is 42.4 Å². The van der Waals surface area contributed by atoms with E-state index in [0.29, 0.717) is 5.69 Å². The van der Waals surface area contributed by atoms with Crippen LogP contribution in [-0.4, -0.2) is 17.2 Å². The van der Waals surface area contributed by atoms with Gasteiger partial charge in [-0.3, -0.25) is 4.98 Å². The Labute approximate surface area is 80.3 Å². The zero-order valence-electron chi connectivity index (χ0n) is 7.92. The first-order valence-electron chi connectivity index (χ1n) is 4.03. The summed E-state index contributed by atoms with van der Waals surface area (Å²) in [6.45, 7) is 1.11. The molecule has 0 amide bonds. The molecular weight excluding hydrogens is 192 g/mol. The second-order valence-corrected chi connectivity index (χ2v) is 2.77. The van der Waals surface area contributed by atoms with Crippen LogP contribution in [0.1, 0.15) is 23.2 Å². The lowest BCUT2D eigenvalue weighted by Gasteiger charge is -2.13. The maximum absolute atomic E-state index is 12.6. The molecule has 0 atom stereocenters. The summed E-state index contributed by atoms with van der Waals surface area (Å²) in [5.74, 6) is 0.0477. The van der Waals surface area contributed by atoms with Crippen molar-refractivity contribution in [3.63, 3.8) is 0 Å². The quantitative estimate of drug-likeness (QED) is 0.814. The van der Waals surface area contributed by atoms with Crippen molar-refractivity contribution in [2.24, 2.45) is 0 Å². The molecule has 0 saturated heterocycles. The first-order valence-corrected chi connectivity index (χ1v) is 4.03. The Morgan fingerprint density at radius 2 is 2.21 bits per heavy atom. The van der Waals surface area contributed by atoms with Crippen molar-refractivity contribution in [1.29, 1.82) is 0 Å². The van der Waals surface area contributed by atoms with Crippen LogP contribution in [-0.2, 0) is 6.61 Å². The average molecular weight is 203 g/mol. The summed E-state index contributed by atoms with van der Waals surface area (Å²) in [6.07, 6.45) is -1.44. The molecule has 0 aliphatic heterocycles. The third kappa shape index (κ3) is 1.82. The fraction of sp³-hybridized carbons (Fsp3) is 0.444. The summed E-state index contributed by atoms with van der Waals surface area (Å²) >= 11 is 0. The van der Waals surface area contributed by atoms with E-state index >= 15 is 0 Å². The number of alkyl halides is 2. The fourth-order valence-electron chi connectivity index (χ4n) is 1.27. The highest BCUT2D eigenvalue weighted by atomic mass is 19.3. The number of pyridine rings is 1. The predicted molar refractivity (Wildman–Crippen MR) is 46.4 cm³/mol. The molecule has 0 fully saturated rings. The highest BCUT2D eigenvalue weighted by Gasteiger charge is 2.20. The van der Waals surface area contributed by atoms with E-state index in [1.807, 2.05) is 0 Å².